The monoisotopic (exact) mass is 584 g/mol. The maximum absolute atomic E-state index is 13.2. The summed E-state index contributed by atoms with van der Waals surface area (Å²) in [4.78, 5) is 36.6. The molecule has 42 heavy (non-hydrogen) atoms. The molecule has 0 saturated carbocycles. The van der Waals surface area contributed by atoms with Crippen molar-refractivity contribution in [3.05, 3.63) is 89.5 Å². The molecule has 9 heteroatoms. The average molecular weight is 585 g/mol. The van der Waals surface area contributed by atoms with E-state index < -0.39 is 30.2 Å². The van der Waals surface area contributed by atoms with Gasteiger partial charge in [-0.3, -0.25) is 0 Å². The van der Waals surface area contributed by atoms with Crippen molar-refractivity contribution < 1.29 is 41.8 Å². The Morgan fingerprint density at radius 3 is 1.81 bits per heavy atom. The number of alkyl halides is 3. The van der Waals surface area contributed by atoms with Crippen molar-refractivity contribution in [2.75, 3.05) is 6.61 Å². The quantitative estimate of drug-likeness (QED) is 0.108. The van der Waals surface area contributed by atoms with Crippen molar-refractivity contribution in [1.82, 2.24) is 0 Å². The lowest BCUT2D eigenvalue weighted by Crippen LogP contribution is -2.42. The van der Waals surface area contributed by atoms with E-state index in [9.17, 15) is 27.6 Å². The molecule has 6 nitrogen and oxygen atoms in total. The largest absolute Gasteiger partial charge is 0.463 e. The molecule has 0 aliphatic heterocycles. The first-order valence-corrected chi connectivity index (χ1v) is 14.1. The molecule has 0 aliphatic carbocycles. The number of ether oxygens (including phenoxy) is 3. The van der Waals surface area contributed by atoms with Crippen molar-refractivity contribution in [2.45, 2.75) is 71.1 Å². The Morgan fingerprint density at radius 1 is 0.690 bits per heavy atom. The van der Waals surface area contributed by atoms with E-state index in [0.29, 0.717) is 12.0 Å². The molecule has 1 unspecified atom stereocenters. The number of rotatable bonds is 14. The standard InChI is InChI=1S/C33H35F3O6/c1-3-5-6-7-8-9-23-10-12-24(13-11-23)25-14-16-26(17-15-25)30(37)41-28-20-18-27(19-21-28)31(38)42-29(33(34,35)36)32(39)40-22-4-2/h10-21,29H,3-9,22H2,1-2H3. The molecular formula is C33H35F3O6. The Labute approximate surface area is 243 Å². The van der Waals surface area contributed by atoms with Crippen LogP contribution in [0.4, 0.5) is 13.2 Å². The molecule has 1 atom stereocenters. The van der Waals surface area contributed by atoms with Crippen molar-refractivity contribution >= 4 is 17.9 Å². The summed E-state index contributed by atoms with van der Waals surface area (Å²) in [6, 6.07) is 20.0. The van der Waals surface area contributed by atoms with Crippen molar-refractivity contribution in [3.63, 3.8) is 0 Å². The molecule has 0 aromatic heterocycles. The fourth-order valence-electron chi connectivity index (χ4n) is 4.12. The fourth-order valence-corrected chi connectivity index (χ4v) is 4.12. The second-order valence-electron chi connectivity index (χ2n) is 9.85. The summed E-state index contributed by atoms with van der Waals surface area (Å²) in [5.74, 6) is -3.65. The molecule has 0 heterocycles. The second-order valence-corrected chi connectivity index (χ2v) is 9.85. The summed E-state index contributed by atoms with van der Waals surface area (Å²) in [6.07, 6.45) is -0.624. The number of hydrogen-bond acceptors (Lipinski definition) is 6. The summed E-state index contributed by atoms with van der Waals surface area (Å²) in [5.41, 5.74) is 3.30. The zero-order chi connectivity index (χ0) is 30.5. The van der Waals surface area contributed by atoms with E-state index in [1.165, 1.54) is 49.8 Å². The van der Waals surface area contributed by atoms with Gasteiger partial charge in [-0.2, -0.15) is 13.2 Å². The summed E-state index contributed by atoms with van der Waals surface area (Å²) in [7, 11) is 0. The van der Waals surface area contributed by atoms with Crippen LogP contribution in [-0.2, 0) is 20.7 Å². The van der Waals surface area contributed by atoms with Gasteiger partial charge in [-0.05, 0) is 72.4 Å². The Morgan fingerprint density at radius 2 is 1.24 bits per heavy atom. The molecule has 0 spiro atoms. The molecule has 3 aromatic rings. The molecule has 0 fully saturated rings. The van der Waals surface area contributed by atoms with Crippen molar-refractivity contribution in [2.24, 2.45) is 0 Å². The first-order chi connectivity index (χ1) is 20.1. The van der Waals surface area contributed by atoms with Crippen LogP contribution in [0, 0.1) is 0 Å². The number of halogens is 3. The zero-order valence-electron chi connectivity index (χ0n) is 23.7. The van der Waals surface area contributed by atoms with Crippen LogP contribution in [0.5, 0.6) is 5.75 Å². The van der Waals surface area contributed by atoms with Crippen LogP contribution in [0.3, 0.4) is 0 Å². The lowest BCUT2D eigenvalue weighted by atomic mass is 10.00. The van der Waals surface area contributed by atoms with E-state index in [0.717, 1.165) is 29.7 Å². The molecule has 3 aromatic carbocycles. The van der Waals surface area contributed by atoms with Gasteiger partial charge >= 0.3 is 24.1 Å². The summed E-state index contributed by atoms with van der Waals surface area (Å²) in [5, 5.41) is 0. The van der Waals surface area contributed by atoms with Crippen molar-refractivity contribution in [3.8, 4) is 16.9 Å². The number of esters is 3. The molecule has 0 radical (unpaired) electrons. The Balaban J connectivity index is 1.55. The lowest BCUT2D eigenvalue weighted by Gasteiger charge is -2.19. The van der Waals surface area contributed by atoms with Gasteiger partial charge in [0.05, 0.1) is 17.7 Å². The average Bonchev–Trinajstić information content (AvgIpc) is 2.98. The van der Waals surface area contributed by atoms with Gasteiger partial charge in [-0.15, -0.1) is 0 Å². The minimum atomic E-state index is -5.14. The van der Waals surface area contributed by atoms with Gasteiger partial charge in [0.25, 0.3) is 6.10 Å². The first kappa shape index (κ1) is 32.4. The first-order valence-electron chi connectivity index (χ1n) is 14.1. The van der Waals surface area contributed by atoms with E-state index in [2.05, 4.69) is 40.7 Å². The van der Waals surface area contributed by atoms with E-state index >= 15 is 0 Å². The summed E-state index contributed by atoms with van der Waals surface area (Å²) < 4.78 is 53.9. The highest BCUT2D eigenvalue weighted by Gasteiger charge is 2.49. The molecule has 0 amide bonds. The highest BCUT2D eigenvalue weighted by Crippen LogP contribution is 2.26. The zero-order valence-corrected chi connectivity index (χ0v) is 23.7. The summed E-state index contributed by atoms with van der Waals surface area (Å²) >= 11 is 0. The van der Waals surface area contributed by atoms with Gasteiger partial charge in [-0.1, -0.05) is 75.9 Å². The molecular weight excluding hydrogens is 549 g/mol. The molecule has 0 saturated heterocycles. The smallest absolute Gasteiger partial charge is 0.436 e. The molecule has 0 bridgehead atoms. The number of benzene rings is 3. The fraction of sp³-hybridized carbons (Fsp3) is 0.364. The number of carbonyl (C=O) groups excluding carboxylic acids is 3. The summed E-state index contributed by atoms with van der Waals surface area (Å²) in [6.45, 7) is 3.58. The van der Waals surface area contributed by atoms with Gasteiger partial charge in [0.1, 0.15) is 5.75 Å². The van der Waals surface area contributed by atoms with Crippen LogP contribution < -0.4 is 4.74 Å². The second kappa shape index (κ2) is 15.7. The van der Waals surface area contributed by atoms with Gasteiger partial charge in [-0.25, -0.2) is 14.4 Å². The maximum Gasteiger partial charge on any atom is 0.436 e. The number of aryl methyl sites for hydroxylation is 1. The van der Waals surface area contributed by atoms with E-state index in [1.54, 1.807) is 19.1 Å². The SMILES string of the molecule is CCCCCCCc1ccc(-c2ccc(C(=O)Oc3ccc(C(=O)OC(C(=O)OCCC)C(F)(F)F)cc3)cc2)cc1. The van der Waals surface area contributed by atoms with Crippen LogP contribution >= 0.6 is 0 Å². The topological polar surface area (TPSA) is 78.9 Å². The van der Waals surface area contributed by atoms with Gasteiger partial charge < -0.3 is 14.2 Å². The third kappa shape index (κ3) is 9.75. The van der Waals surface area contributed by atoms with Crippen LogP contribution in [0.1, 0.15) is 78.7 Å². The van der Waals surface area contributed by atoms with Crippen molar-refractivity contribution in [1.29, 1.82) is 0 Å². The van der Waals surface area contributed by atoms with Gasteiger partial charge in [0.2, 0.25) is 0 Å². The lowest BCUT2D eigenvalue weighted by molar-refractivity contribution is -0.218. The van der Waals surface area contributed by atoms with Gasteiger partial charge in [0.15, 0.2) is 0 Å². The van der Waals surface area contributed by atoms with Crippen LogP contribution in [0.15, 0.2) is 72.8 Å². The van der Waals surface area contributed by atoms with Crippen LogP contribution in [-0.4, -0.2) is 36.8 Å². The predicted molar refractivity (Wildman–Crippen MR) is 152 cm³/mol. The van der Waals surface area contributed by atoms with E-state index in [-0.39, 0.29) is 17.9 Å². The Bertz CT molecular complexity index is 1300. The number of carbonyl (C=O) groups is 3. The Kier molecular flexibility index (Phi) is 12.1. The normalized spacial score (nSPS) is 11.9. The molecule has 224 valence electrons. The van der Waals surface area contributed by atoms with E-state index in [4.69, 9.17) is 4.74 Å². The molecule has 0 N–H and O–H groups in total. The number of hydrogen-bond donors (Lipinski definition) is 0. The molecule has 3 rings (SSSR count). The molecule has 0 aliphatic rings. The minimum absolute atomic E-state index is 0.0700. The highest BCUT2D eigenvalue weighted by atomic mass is 19.4. The minimum Gasteiger partial charge on any atom is -0.463 e. The maximum atomic E-state index is 13.2. The van der Waals surface area contributed by atoms with E-state index in [1.807, 2.05) is 12.1 Å². The van der Waals surface area contributed by atoms with Crippen LogP contribution in [0.2, 0.25) is 0 Å². The third-order valence-corrected chi connectivity index (χ3v) is 6.46. The number of unbranched alkanes of at least 4 members (excludes halogenated alkanes) is 4. The highest BCUT2D eigenvalue weighted by molar-refractivity contribution is 5.93. The third-order valence-electron chi connectivity index (χ3n) is 6.46. The Hall–Kier alpha value is -4.14. The van der Waals surface area contributed by atoms with Gasteiger partial charge in [0, 0.05) is 0 Å². The predicted octanol–water partition coefficient (Wildman–Crippen LogP) is 8.13. The van der Waals surface area contributed by atoms with Crippen LogP contribution in [0.25, 0.3) is 11.1 Å².